The molecule has 0 aliphatic heterocycles. The molecule has 0 saturated carbocycles. The van der Waals surface area contributed by atoms with Crippen LogP contribution in [-0.2, 0) is 0 Å². The Morgan fingerprint density at radius 1 is 1.05 bits per heavy atom. The van der Waals surface area contributed by atoms with Crippen LogP contribution in [0, 0.1) is 13.8 Å². The van der Waals surface area contributed by atoms with E-state index in [0.717, 1.165) is 24.4 Å². The summed E-state index contributed by atoms with van der Waals surface area (Å²) >= 11 is 7.20. The van der Waals surface area contributed by atoms with Gasteiger partial charge in [0.15, 0.2) is 5.11 Å². The summed E-state index contributed by atoms with van der Waals surface area (Å²) < 4.78 is 0. The monoisotopic (exact) mass is 330 g/mol. The summed E-state index contributed by atoms with van der Waals surface area (Å²) in [5.41, 5.74) is 3.61. The molecule has 0 aliphatic carbocycles. The molecule has 2 aromatic carbocycles. The first-order chi connectivity index (χ1) is 10.6. The maximum atomic E-state index is 5.33. The molecule has 2 aromatic rings. The highest BCUT2D eigenvalue weighted by Crippen LogP contribution is 2.17. The summed E-state index contributed by atoms with van der Waals surface area (Å²) in [4.78, 5) is 1.32. The van der Waals surface area contributed by atoms with Crippen LogP contribution in [0.4, 0.5) is 5.69 Å². The number of hydrogen-bond donors (Lipinski definition) is 2. The molecule has 0 bridgehead atoms. The van der Waals surface area contributed by atoms with Crippen molar-refractivity contribution in [2.75, 3.05) is 17.6 Å². The van der Waals surface area contributed by atoms with E-state index in [2.05, 4.69) is 66.9 Å². The Labute approximate surface area is 142 Å². The van der Waals surface area contributed by atoms with Crippen molar-refractivity contribution in [1.29, 1.82) is 0 Å². The van der Waals surface area contributed by atoms with Gasteiger partial charge in [-0.15, -0.1) is 11.8 Å². The molecule has 0 amide bonds. The van der Waals surface area contributed by atoms with E-state index in [1.165, 1.54) is 16.0 Å². The normalized spacial score (nSPS) is 10.3. The Morgan fingerprint density at radius 3 is 2.55 bits per heavy atom. The van der Waals surface area contributed by atoms with Crippen LogP contribution >= 0.6 is 24.0 Å². The molecule has 22 heavy (non-hydrogen) atoms. The fraction of sp³-hybridized carbons (Fsp3) is 0.278. The second-order valence-corrected chi connectivity index (χ2v) is 6.77. The van der Waals surface area contributed by atoms with E-state index in [9.17, 15) is 0 Å². The maximum absolute atomic E-state index is 5.33. The van der Waals surface area contributed by atoms with Gasteiger partial charge in [-0.05, 0) is 73.6 Å². The lowest BCUT2D eigenvalue weighted by atomic mass is 10.1. The van der Waals surface area contributed by atoms with Crippen molar-refractivity contribution in [3.05, 3.63) is 59.7 Å². The third-order valence-corrected chi connectivity index (χ3v) is 4.73. The first kappa shape index (κ1) is 16.8. The fourth-order valence-electron chi connectivity index (χ4n) is 1.98. The lowest BCUT2D eigenvalue weighted by Gasteiger charge is -2.11. The van der Waals surface area contributed by atoms with Crippen molar-refractivity contribution in [3.63, 3.8) is 0 Å². The third-order valence-electron chi connectivity index (χ3n) is 3.38. The molecule has 0 fully saturated rings. The van der Waals surface area contributed by atoms with E-state index >= 15 is 0 Å². The molecule has 0 saturated heterocycles. The van der Waals surface area contributed by atoms with E-state index in [1.54, 1.807) is 0 Å². The first-order valence-electron chi connectivity index (χ1n) is 7.45. The van der Waals surface area contributed by atoms with Crippen LogP contribution in [0.25, 0.3) is 0 Å². The van der Waals surface area contributed by atoms with Crippen LogP contribution in [0.1, 0.15) is 17.5 Å². The number of hydrogen-bond acceptors (Lipinski definition) is 2. The van der Waals surface area contributed by atoms with Crippen LogP contribution in [0.5, 0.6) is 0 Å². The van der Waals surface area contributed by atoms with Crippen molar-refractivity contribution in [1.82, 2.24) is 5.32 Å². The molecule has 0 radical (unpaired) electrons. The van der Waals surface area contributed by atoms with E-state index in [0.29, 0.717) is 5.11 Å². The minimum atomic E-state index is 0.688. The predicted molar refractivity (Wildman–Crippen MR) is 102 cm³/mol. The quantitative estimate of drug-likeness (QED) is 0.452. The number of thiocarbonyl (C=S) groups is 1. The molecule has 2 nitrogen and oxygen atoms in total. The highest BCUT2D eigenvalue weighted by atomic mass is 32.2. The molecule has 0 unspecified atom stereocenters. The summed E-state index contributed by atoms with van der Waals surface area (Å²) in [6.45, 7) is 5.11. The van der Waals surface area contributed by atoms with Gasteiger partial charge in [0.25, 0.3) is 0 Å². The fourth-order valence-corrected chi connectivity index (χ4v) is 3.07. The second-order valence-electron chi connectivity index (χ2n) is 5.20. The lowest BCUT2D eigenvalue weighted by Crippen LogP contribution is -2.29. The summed E-state index contributed by atoms with van der Waals surface area (Å²) in [6, 6.07) is 16.8. The van der Waals surface area contributed by atoms with Crippen LogP contribution in [-0.4, -0.2) is 17.4 Å². The van der Waals surface area contributed by atoms with Crippen molar-refractivity contribution in [2.24, 2.45) is 0 Å². The number of nitrogens with one attached hydrogen (secondary N) is 2. The maximum Gasteiger partial charge on any atom is 0.170 e. The van der Waals surface area contributed by atoms with E-state index < -0.39 is 0 Å². The van der Waals surface area contributed by atoms with Gasteiger partial charge in [-0.2, -0.15) is 0 Å². The molecular formula is C18H22N2S2. The van der Waals surface area contributed by atoms with Crippen LogP contribution < -0.4 is 10.6 Å². The number of thioether (sulfide) groups is 1. The molecule has 116 valence electrons. The predicted octanol–water partition coefficient (Wildman–Crippen LogP) is 4.77. The summed E-state index contributed by atoms with van der Waals surface area (Å²) in [6.07, 6.45) is 1.08. The molecule has 2 N–H and O–H groups in total. The average Bonchev–Trinajstić information content (AvgIpc) is 2.52. The van der Waals surface area contributed by atoms with Gasteiger partial charge >= 0.3 is 0 Å². The third kappa shape index (κ3) is 5.70. The van der Waals surface area contributed by atoms with Crippen molar-refractivity contribution < 1.29 is 0 Å². The van der Waals surface area contributed by atoms with Crippen molar-refractivity contribution >= 4 is 34.8 Å². The van der Waals surface area contributed by atoms with E-state index in [-0.39, 0.29) is 0 Å². The van der Waals surface area contributed by atoms with Crippen molar-refractivity contribution in [3.8, 4) is 0 Å². The Balaban J connectivity index is 1.64. The highest BCUT2D eigenvalue weighted by Gasteiger charge is 1.99. The molecular weight excluding hydrogens is 308 g/mol. The SMILES string of the molecule is Cc1ccc(NC(=S)NCCCSc2ccccc2)cc1C. The number of aryl methyl sites for hydroxylation is 2. The van der Waals surface area contributed by atoms with Gasteiger partial charge in [-0.3, -0.25) is 0 Å². The Morgan fingerprint density at radius 2 is 1.82 bits per heavy atom. The lowest BCUT2D eigenvalue weighted by molar-refractivity contribution is 0.854. The molecule has 2 rings (SSSR count). The zero-order chi connectivity index (χ0) is 15.8. The Hall–Kier alpha value is -1.52. The zero-order valence-electron chi connectivity index (χ0n) is 13.1. The minimum absolute atomic E-state index is 0.688. The van der Waals surface area contributed by atoms with E-state index in [1.807, 2.05) is 17.8 Å². The molecule has 4 heteroatoms. The first-order valence-corrected chi connectivity index (χ1v) is 8.84. The van der Waals surface area contributed by atoms with Gasteiger partial charge in [0.05, 0.1) is 0 Å². The smallest absolute Gasteiger partial charge is 0.170 e. The number of anilines is 1. The van der Waals surface area contributed by atoms with E-state index in [4.69, 9.17) is 12.2 Å². The molecule has 0 atom stereocenters. The van der Waals surface area contributed by atoms with Gasteiger partial charge < -0.3 is 10.6 Å². The number of rotatable bonds is 6. The zero-order valence-corrected chi connectivity index (χ0v) is 14.7. The topological polar surface area (TPSA) is 24.1 Å². The second kappa shape index (κ2) is 8.81. The molecule has 0 spiro atoms. The van der Waals surface area contributed by atoms with Crippen LogP contribution in [0.15, 0.2) is 53.4 Å². The Kier molecular flexibility index (Phi) is 6.74. The Bertz CT molecular complexity index is 612. The number of benzene rings is 2. The largest absolute Gasteiger partial charge is 0.362 e. The molecule has 0 aromatic heterocycles. The molecule has 0 heterocycles. The standard InChI is InChI=1S/C18H22N2S2/c1-14-9-10-16(13-15(14)2)20-18(21)19-11-6-12-22-17-7-4-3-5-8-17/h3-5,7-10,13H,6,11-12H2,1-2H3,(H2,19,20,21). The van der Waals surface area contributed by atoms with Crippen LogP contribution in [0.3, 0.4) is 0 Å². The minimum Gasteiger partial charge on any atom is -0.362 e. The summed E-state index contributed by atoms with van der Waals surface area (Å²) in [7, 11) is 0. The van der Waals surface area contributed by atoms with Crippen molar-refractivity contribution in [2.45, 2.75) is 25.2 Å². The van der Waals surface area contributed by atoms with Gasteiger partial charge in [0, 0.05) is 17.1 Å². The van der Waals surface area contributed by atoms with Gasteiger partial charge in [0.2, 0.25) is 0 Å². The summed E-state index contributed by atoms with van der Waals surface area (Å²) in [5, 5.41) is 7.18. The van der Waals surface area contributed by atoms with Gasteiger partial charge in [-0.1, -0.05) is 24.3 Å². The highest BCUT2D eigenvalue weighted by molar-refractivity contribution is 7.99. The average molecular weight is 331 g/mol. The summed E-state index contributed by atoms with van der Waals surface area (Å²) in [5.74, 6) is 1.09. The van der Waals surface area contributed by atoms with Crippen LogP contribution in [0.2, 0.25) is 0 Å². The molecule has 0 aliphatic rings. The van der Waals surface area contributed by atoms with Gasteiger partial charge in [0.1, 0.15) is 0 Å². The van der Waals surface area contributed by atoms with Gasteiger partial charge in [-0.25, -0.2) is 0 Å².